The van der Waals surface area contributed by atoms with Gasteiger partial charge in [0, 0.05) is 0 Å². The molecule has 0 fully saturated rings. The van der Waals surface area contributed by atoms with Crippen molar-refractivity contribution < 1.29 is 27.4 Å². The van der Waals surface area contributed by atoms with Crippen molar-refractivity contribution in [3.05, 3.63) is 41.2 Å². The Balaban J connectivity index is 2.98. The molecular weight excluding hydrogens is 249 g/mol. The first-order chi connectivity index (χ1) is 8.38. The molecule has 0 bridgehead atoms. The predicted octanol–water partition coefficient (Wildman–Crippen LogP) is 2.87. The summed E-state index contributed by atoms with van der Waals surface area (Å²) in [5.74, 6) is -0.783. The van der Waals surface area contributed by atoms with Crippen molar-refractivity contribution >= 4 is 12.0 Å². The highest BCUT2D eigenvalue weighted by Crippen LogP contribution is 2.29. The minimum atomic E-state index is -4.38. The van der Waals surface area contributed by atoms with E-state index < -0.39 is 17.7 Å². The quantitative estimate of drug-likeness (QED) is 0.476. The number of carbonyl (C=O) groups excluding carboxylic acids is 1. The minimum absolute atomic E-state index is 0.0859. The molecule has 0 aliphatic heterocycles. The standard InChI is InChI=1S/C12H11F3O3/c1-17-10(11(16)18-2)7-8-3-5-9(6-4-8)12(13,14)15/h3-7H,1-2H3/b10-7+. The van der Waals surface area contributed by atoms with Gasteiger partial charge < -0.3 is 9.47 Å². The lowest BCUT2D eigenvalue weighted by Crippen LogP contribution is -2.06. The van der Waals surface area contributed by atoms with Gasteiger partial charge in [0.2, 0.25) is 5.76 Å². The Morgan fingerprint density at radius 3 is 2.06 bits per heavy atom. The van der Waals surface area contributed by atoms with E-state index in [0.717, 1.165) is 12.1 Å². The molecular formula is C12H11F3O3. The van der Waals surface area contributed by atoms with Crippen LogP contribution in [0.15, 0.2) is 30.0 Å². The summed E-state index contributed by atoms with van der Waals surface area (Å²) in [5, 5.41) is 0. The van der Waals surface area contributed by atoms with Gasteiger partial charge in [-0.05, 0) is 23.8 Å². The van der Waals surface area contributed by atoms with E-state index in [1.165, 1.54) is 32.4 Å². The molecule has 18 heavy (non-hydrogen) atoms. The van der Waals surface area contributed by atoms with Crippen LogP contribution in [0.4, 0.5) is 13.2 Å². The summed E-state index contributed by atoms with van der Waals surface area (Å²) in [7, 11) is 2.45. The van der Waals surface area contributed by atoms with Crippen LogP contribution in [0.25, 0.3) is 6.08 Å². The molecule has 0 atom stereocenters. The summed E-state index contributed by atoms with van der Waals surface area (Å²) >= 11 is 0. The van der Waals surface area contributed by atoms with Gasteiger partial charge in [0.1, 0.15) is 0 Å². The van der Waals surface area contributed by atoms with Crippen molar-refractivity contribution in [2.45, 2.75) is 6.18 Å². The molecule has 3 nitrogen and oxygen atoms in total. The molecule has 0 unspecified atom stereocenters. The summed E-state index contributed by atoms with van der Waals surface area (Å²) in [6, 6.07) is 4.34. The second-order valence-electron chi connectivity index (χ2n) is 3.32. The van der Waals surface area contributed by atoms with Crippen LogP contribution in [0.3, 0.4) is 0 Å². The lowest BCUT2D eigenvalue weighted by molar-refractivity contribution is -0.139. The van der Waals surface area contributed by atoms with Crippen LogP contribution < -0.4 is 0 Å². The van der Waals surface area contributed by atoms with Crippen LogP contribution in [0.2, 0.25) is 0 Å². The third-order valence-electron chi connectivity index (χ3n) is 2.14. The van der Waals surface area contributed by atoms with Gasteiger partial charge >= 0.3 is 12.1 Å². The Hall–Kier alpha value is -1.98. The molecule has 0 radical (unpaired) electrons. The van der Waals surface area contributed by atoms with E-state index in [1.54, 1.807) is 0 Å². The molecule has 0 amide bonds. The van der Waals surface area contributed by atoms with Gasteiger partial charge in [0.05, 0.1) is 19.8 Å². The van der Waals surface area contributed by atoms with Crippen LogP contribution >= 0.6 is 0 Å². The maximum Gasteiger partial charge on any atom is 0.416 e. The SMILES string of the molecule is COC(=O)/C(=C\c1ccc(C(F)(F)F)cc1)OC. The fourth-order valence-corrected chi connectivity index (χ4v) is 1.22. The molecule has 0 saturated carbocycles. The number of alkyl halides is 3. The zero-order valence-electron chi connectivity index (χ0n) is 9.75. The van der Waals surface area contributed by atoms with Crippen molar-refractivity contribution in [1.29, 1.82) is 0 Å². The number of rotatable bonds is 3. The molecule has 0 saturated heterocycles. The van der Waals surface area contributed by atoms with E-state index in [9.17, 15) is 18.0 Å². The number of benzene rings is 1. The van der Waals surface area contributed by atoms with Crippen molar-refractivity contribution in [2.24, 2.45) is 0 Å². The van der Waals surface area contributed by atoms with Crippen molar-refractivity contribution in [3.63, 3.8) is 0 Å². The number of ether oxygens (including phenoxy) is 2. The first-order valence-corrected chi connectivity index (χ1v) is 4.89. The third-order valence-corrected chi connectivity index (χ3v) is 2.14. The summed E-state index contributed by atoms with van der Waals surface area (Å²) in [5.41, 5.74) is -0.345. The van der Waals surface area contributed by atoms with Gasteiger partial charge in [0.25, 0.3) is 0 Å². The van der Waals surface area contributed by atoms with Crippen LogP contribution in [0.5, 0.6) is 0 Å². The maximum absolute atomic E-state index is 12.3. The molecule has 0 aliphatic carbocycles. The summed E-state index contributed by atoms with van der Waals surface area (Å²) in [6.45, 7) is 0. The smallest absolute Gasteiger partial charge is 0.416 e. The molecule has 0 aliphatic rings. The van der Waals surface area contributed by atoms with Crippen LogP contribution in [-0.2, 0) is 20.4 Å². The highest BCUT2D eigenvalue weighted by atomic mass is 19.4. The summed E-state index contributed by atoms with van der Waals surface area (Å²) in [4.78, 5) is 11.2. The van der Waals surface area contributed by atoms with E-state index in [1.807, 2.05) is 0 Å². The number of carbonyl (C=O) groups is 1. The van der Waals surface area contributed by atoms with E-state index in [-0.39, 0.29) is 5.76 Å². The minimum Gasteiger partial charge on any atom is -0.490 e. The Morgan fingerprint density at radius 2 is 1.67 bits per heavy atom. The number of hydrogen-bond donors (Lipinski definition) is 0. The largest absolute Gasteiger partial charge is 0.490 e. The average molecular weight is 260 g/mol. The van der Waals surface area contributed by atoms with Gasteiger partial charge in [-0.25, -0.2) is 4.79 Å². The number of esters is 1. The fourth-order valence-electron chi connectivity index (χ4n) is 1.22. The van der Waals surface area contributed by atoms with E-state index in [0.29, 0.717) is 5.56 Å². The average Bonchev–Trinajstić information content (AvgIpc) is 2.34. The molecule has 1 rings (SSSR count). The first kappa shape index (κ1) is 14.1. The molecule has 0 spiro atoms. The zero-order valence-corrected chi connectivity index (χ0v) is 9.75. The van der Waals surface area contributed by atoms with Crippen molar-refractivity contribution in [1.82, 2.24) is 0 Å². The van der Waals surface area contributed by atoms with Gasteiger partial charge in [-0.1, -0.05) is 12.1 Å². The Kier molecular flexibility index (Phi) is 4.36. The van der Waals surface area contributed by atoms with Crippen molar-refractivity contribution in [2.75, 3.05) is 14.2 Å². The fraction of sp³-hybridized carbons (Fsp3) is 0.250. The van der Waals surface area contributed by atoms with Gasteiger partial charge in [0.15, 0.2) is 0 Å². The molecule has 0 heterocycles. The van der Waals surface area contributed by atoms with E-state index in [4.69, 9.17) is 4.74 Å². The van der Waals surface area contributed by atoms with Gasteiger partial charge in [-0.2, -0.15) is 13.2 Å². The maximum atomic E-state index is 12.3. The van der Waals surface area contributed by atoms with Crippen molar-refractivity contribution in [3.8, 4) is 0 Å². The number of methoxy groups -OCH3 is 2. The molecule has 1 aromatic rings. The second kappa shape index (κ2) is 5.57. The first-order valence-electron chi connectivity index (χ1n) is 4.89. The lowest BCUT2D eigenvalue weighted by atomic mass is 10.1. The highest BCUT2D eigenvalue weighted by molar-refractivity contribution is 5.91. The summed E-state index contributed by atoms with van der Waals surface area (Å²) in [6.07, 6.45) is -3.08. The molecule has 6 heteroatoms. The molecule has 98 valence electrons. The van der Waals surface area contributed by atoms with Crippen LogP contribution in [0, 0.1) is 0 Å². The number of halogens is 3. The predicted molar refractivity (Wildman–Crippen MR) is 58.4 cm³/mol. The normalized spacial score (nSPS) is 12.2. The lowest BCUT2D eigenvalue weighted by Gasteiger charge is -2.07. The third kappa shape index (κ3) is 3.51. The monoisotopic (exact) mass is 260 g/mol. The number of hydrogen-bond acceptors (Lipinski definition) is 3. The molecule has 0 N–H and O–H groups in total. The van der Waals surface area contributed by atoms with E-state index >= 15 is 0 Å². The van der Waals surface area contributed by atoms with Gasteiger partial charge in [-0.15, -0.1) is 0 Å². The highest BCUT2D eigenvalue weighted by Gasteiger charge is 2.29. The molecule has 0 aromatic heterocycles. The topological polar surface area (TPSA) is 35.5 Å². The Bertz CT molecular complexity index is 447. The van der Waals surface area contributed by atoms with E-state index in [2.05, 4.69) is 4.74 Å². The van der Waals surface area contributed by atoms with Crippen LogP contribution in [0.1, 0.15) is 11.1 Å². The second-order valence-corrected chi connectivity index (χ2v) is 3.32. The Labute approximate surface area is 102 Å². The molecule has 1 aromatic carbocycles. The zero-order chi connectivity index (χ0) is 13.8. The Morgan fingerprint density at radius 1 is 1.11 bits per heavy atom. The summed E-state index contributed by atoms with van der Waals surface area (Å²) < 4.78 is 46.2. The van der Waals surface area contributed by atoms with Crippen LogP contribution in [-0.4, -0.2) is 20.2 Å². The van der Waals surface area contributed by atoms with Gasteiger partial charge in [-0.3, -0.25) is 0 Å².